The van der Waals surface area contributed by atoms with E-state index in [4.69, 9.17) is 4.74 Å². The van der Waals surface area contributed by atoms with Gasteiger partial charge in [0.05, 0.1) is 18.8 Å². The van der Waals surface area contributed by atoms with Crippen LogP contribution in [0.25, 0.3) is 0 Å². The monoisotopic (exact) mass is 291 g/mol. The van der Waals surface area contributed by atoms with Crippen LogP contribution in [0.4, 0.5) is 5.69 Å². The molecule has 0 radical (unpaired) electrons. The lowest BCUT2D eigenvalue weighted by Crippen LogP contribution is -2.32. The first-order valence-electron chi connectivity index (χ1n) is 8.29. The van der Waals surface area contributed by atoms with Crippen molar-refractivity contribution < 1.29 is 9.84 Å². The number of ether oxygens (including phenoxy) is 1. The van der Waals surface area contributed by atoms with Gasteiger partial charge < -0.3 is 15.2 Å². The summed E-state index contributed by atoms with van der Waals surface area (Å²) in [6.07, 6.45) is 6.09. The third-order valence-electron chi connectivity index (χ3n) is 4.43. The van der Waals surface area contributed by atoms with Crippen molar-refractivity contribution in [1.82, 2.24) is 0 Å². The number of aryl methyl sites for hydroxylation is 1. The van der Waals surface area contributed by atoms with Crippen LogP contribution in [0.1, 0.15) is 44.6 Å². The summed E-state index contributed by atoms with van der Waals surface area (Å²) in [6, 6.07) is 8.20. The second kappa shape index (κ2) is 8.40. The maximum atomic E-state index is 10.1. The third-order valence-corrected chi connectivity index (χ3v) is 4.43. The fourth-order valence-corrected chi connectivity index (χ4v) is 3.14. The van der Waals surface area contributed by atoms with Crippen molar-refractivity contribution in [2.24, 2.45) is 5.92 Å². The second-order valence-electron chi connectivity index (χ2n) is 6.23. The van der Waals surface area contributed by atoms with Crippen molar-refractivity contribution >= 4 is 5.69 Å². The molecule has 3 heteroatoms. The lowest BCUT2D eigenvalue weighted by Gasteiger charge is -2.31. The minimum atomic E-state index is -0.454. The van der Waals surface area contributed by atoms with Gasteiger partial charge in [-0.05, 0) is 43.4 Å². The summed E-state index contributed by atoms with van der Waals surface area (Å²) in [5.74, 6) is 0.677. The molecule has 0 bridgehead atoms. The molecule has 1 fully saturated rings. The predicted octanol–water partition coefficient (Wildman–Crippen LogP) is 3.75. The van der Waals surface area contributed by atoms with Crippen LogP contribution in [-0.4, -0.2) is 30.5 Å². The van der Waals surface area contributed by atoms with Crippen LogP contribution >= 0.6 is 0 Å². The first kappa shape index (κ1) is 16.3. The molecule has 0 amide bonds. The summed E-state index contributed by atoms with van der Waals surface area (Å²) in [6.45, 7) is 5.27. The van der Waals surface area contributed by atoms with Crippen molar-refractivity contribution in [2.45, 2.75) is 58.2 Å². The Bertz CT molecular complexity index is 421. The number of benzene rings is 1. The summed E-state index contributed by atoms with van der Waals surface area (Å²) in [5, 5.41) is 13.4. The minimum absolute atomic E-state index is 0.345. The third kappa shape index (κ3) is 5.33. The van der Waals surface area contributed by atoms with Crippen LogP contribution in [-0.2, 0) is 4.74 Å². The van der Waals surface area contributed by atoms with E-state index in [1.54, 1.807) is 0 Å². The SMILES string of the molecule is CCC1CCCCC1OCC(O)CNc1cccc(C)c1. The van der Waals surface area contributed by atoms with Crippen LogP contribution in [0, 0.1) is 12.8 Å². The topological polar surface area (TPSA) is 41.5 Å². The number of aliphatic hydroxyl groups excluding tert-OH is 1. The van der Waals surface area contributed by atoms with Gasteiger partial charge in [0.25, 0.3) is 0 Å². The zero-order valence-electron chi connectivity index (χ0n) is 13.3. The van der Waals surface area contributed by atoms with Crippen molar-refractivity contribution in [3.05, 3.63) is 29.8 Å². The number of hydrogen-bond donors (Lipinski definition) is 2. The van der Waals surface area contributed by atoms with E-state index in [0.29, 0.717) is 25.2 Å². The van der Waals surface area contributed by atoms with Gasteiger partial charge in [-0.1, -0.05) is 38.3 Å². The van der Waals surface area contributed by atoms with Crippen LogP contribution < -0.4 is 5.32 Å². The van der Waals surface area contributed by atoms with E-state index in [9.17, 15) is 5.11 Å². The van der Waals surface area contributed by atoms with E-state index in [0.717, 1.165) is 12.1 Å². The van der Waals surface area contributed by atoms with Crippen LogP contribution in [0.5, 0.6) is 0 Å². The number of anilines is 1. The molecule has 3 atom stereocenters. The van der Waals surface area contributed by atoms with Crippen molar-refractivity contribution in [3.63, 3.8) is 0 Å². The Morgan fingerprint density at radius 1 is 1.33 bits per heavy atom. The lowest BCUT2D eigenvalue weighted by molar-refractivity contribution is -0.0473. The van der Waals surface area contributed by atoms with E-state index in [1.165, 1.54) is 31.2 Å². The molecule has 3 nitrogen and oxygen atoms in total. The van der Waals surface area contributed by atoms with Gasteiger partial charge in [0, 0.05) is 12.2 Å². The normalized spacial score (nSPS) is 23.8. The van der Waals surface area contributed by atoms with E-state index in [2.05, 4.69) is 31.3 Å². The van der Waals surface area contributed by atoms with Gasteiger partial charge in [-0.15, -0.1) is 0 Å². The Kier molecular flexibility index (Phi) is 6.52. The summed E-state index contributed by atoms with van der Waals surface area (Å²) in [7, 11) is 0. The quantitative estimate of drug-likeness (QED) is 0.804. The highest BCUT2D eigenvalue weighted by Gasteiger charge is 2.24. The Morgan fingerprint density at radius 2 is 2.14 bits per heavy atom. The zero-order valence-corrected chi connectivity index (χ0v) is 13.3. The summed E-state index contributed by atoms with van der Waals surface area (Å²) < 4.78 is 5.97. The fraction of sp³-hybridized carbons (Fsp3) is 0.667. The second-order valence-corrected chi connectivity index (χ2v) is 6.23. The fourth-order valence-electron chi connectivity index (χ4n) is 3.14. The van der Waals surface area contributed by atoms with Crippen molar-refractivity contribution in [1.29, 1.82) is 0 Å². The van der Waals surface area contributed by atoms with Crippen molar-refractivity contribution in [2.75, 3.05) is 18.5 Å². The number of hydrogen-bond acceptors (Lipinski definition) is 3. The molecular formula is C18H29NO2. The molecule has 0 heterocycles. The molecular weight excluding hydrogens is 262 g/mol. The highest BCUT2D eigenvalue weighted by Crippen LogP contribution is 2.29. The Labute approximate surface area is 128 Å². The van der Waals surface area contributed by atoms with Crippen LogP contribution in [0.15, 0.2) is 24.3 Å². The molecule has 0 spiro atoms. The maximum absolute atomic E-state index is 10.1. The molecule has 21 heavy (non-hydrogen) atoms. The lowest BCUT2D eigenvalue weighted by atomic mass is 9.85. The molecule has 3 unspecified atom stereocenters. The standard InChI is InChI=1S/C18H29NO2/c1-3-15-8-4-5-10-18(15)21-13-17(20)12-19-16-9-6-7-14(2)11-16/h6-7,9,11,15,17-20H,3-5,8,10,12-13H2,1-2H3. The van der Waals surface area contributed by atoms with Crippen LogP contribution in [0.2, 0.25) is 0 Å². The van der Waals surface area contributed by atoms with E-state index in [-0.39, 0.29) is 0 Å². The van der Waals surface area contributed by atoms with Gasteiger partial charge in [0.2, 0.25) is 0 Å². The summed E-state index contributed by atoms with van der Waals surface area (Å²) in [4.78, 5) is 0. The maximum Gasteiger partial charge on any atom is 0.0945 e. The molecule has 2 N–H and O–H groups in total. The number of rotatable bonds is 7. The highest BCUT2D eigenvalue weighted by atomic mass is 16.5. The predicted molar refractivity (Wildman–Crippen MR) is 87.7 cm³/mol. The number of aliphatic hydroxyl groups is 1. The van der Waals surface area contributed by atoms with Gasteiger partial charge in [0.15, 0.2) is 0 Å². The largest absolute Gasteiger partial charge is 0.389 e. The molecule has 1 aliphatic rings. The molecule has 0 aromatic heterocycles. The molecule has 1 aromatic carbocycles. The molecule has 1 aliphatic carbocycles. The van der Waals surface area contributed by atoms with Crippen molar-refractivity contribution in [3.8, 4) is 0 Å². The van der Waals surface area contributed by atoms with E-state index in [1.807, 2.05) is 12.1 Å². The molecule has 0 aliphatic heterocycles. The van der Waals surface area contributed by atoms with E-state index < -0.39 is 6.10 Å². The zero-order chi connectivity index (χ0) is 15.1. The van der Waals surface area contributed by atoms with Gasteiger partial charge in [-0.25, -0.2) is 0 Å². The highest BCUT2D eigenvalue weighted by molar-refractivity contribution is 5.45. The van der Waals surface area contributed by atoms with Gasteiger partial charge in [-0.2, -0.15) is 0 Å². The minimum Gasteiger partial charge on any atom is -0.389 e. The summed E-state index contributed by atoms with van der Waals surface area (Å²) >= 11 is 0. The van der Waals surface area contributed by atoms with Crippen LogP contribution in [0.3, 0.4) is 0 Å². The van der Waals surface area contributed by atoms with E-state index >= 15 is 0 Å². The smallest absolute Gasteiger partial charge is 0.0945 e. The first-order valence-corrected chi connectivity index (χ1v) is 8.29. The molecule has 0 saturated heterocycles. The average Bonchev–Trinajstić information content (AvgIpc) is 2.51. The summed E-state index contributed by atoms with van der Waals surface area (Å²) in [5.41, 5.74) is 2.27. The van der Waals surface area contributed by atoms with Gasteiger partial charge in [0.1, 0.15) is 0 Å². The van der Waals surface area contributed by atoms with Gasteiger partial charge >= 0.3 is 0 Å². The average molecular weight is 291 g/mol. The molecule has 1 aromatic rings. The molecule has 118 valence electrons. The first-order chi connectivity index (χ1) is 10.2. The molecule has 1 saturated carbocycles. The Balaban J connectivity index is 1.70. The Morgan fingerprint density at radius 3 is 2.90 bits per heavy atom. The van der Waals surface area contributed by atoms with Gasteiger partial charge in [-0.3, -0.25) is 0 Å². The molecule has 2 rings (SSSR count). The Hall–Kier alpha value is -1.06. The number of nitrogens with one attached hydrogen (secondary N) is 1.